The van der Waals surface area contributed by atoms with E-state index >= 15 is 0 Å². The minimum absolute atomic E-state index is 0. The summed E-state index contributed by atoms with van der Waals surface area (Å²) in [6.45, 7) is 0. The molecule has 0 radical (unpaired) electrons. The summed E-state index contributed by atoms with van der Waals surface area (Å²) in [6, 6.07) is 0. The summed E-state index contributed by atoms with van der Waals surface area (Å²) in [7, 11) is -9.28. The summed E-state index contributed by atoms with van der Waals surface area (Å²) in [6.07, 6.45) is 0. The van der Waals surface area contributed by atoms with Crippen LogP contribution in [-0.2, 0) is 9.13 Å². The van der Waals surface area contributed by atoms with Crippen LogP contribution >= 0.6 is 15.6 Å². The van der Waals surface area contributed by atoms with Crippen LogP contribution in [-0.4, -0.2) is 34.8 Å². The molecule has 0 aromatic heterocycles. The Morgan fingerprint density at radius 3 is 0.615 bits per heavy atom. The quantitative estimate of drug-likeness (QED) is 0.189. The van der Waals surface area contributed by atoms with Gasteiger partial charge in [0.2, 0.25) is 0 Å². The Morgan fingerprint density at radius 2 is 0.615 bits per heavy atom. The van der Waals surface area contributed by atoms with Crippen molar-refractivity contribution in [2.45, 2.75) is 0 Å². The first-order valence-electron chi connectivity index (χ1n) is 1.57. The topological polar surface area (TPSA) is 187 Å². The number of rotatable bonds is 0. The van der Waals surface area contributed by atoms with Gasteiger partial charge in [-0.15, -0.1) is 0 Å². The van der Waals surface area contributed by atoms with E-state index in [1.165, 1.54) is 0 Å². The molecule has 0 bridgehead atoms. The predicted molar refractivity (Wildman–Crippen MR) is 32.1 cm³/mol. The molecule has 0 rings (SSSR count). The number of hydrogen-bond donors (Lipinski definition) is 6. The first-order chi connectivity index (χ1) is 4.00. The molecule has 84 valence electrons. The zero-order valence-electron chi connectivity index (χ0n) is 5.71. The zero-order valence-corrected chi connectivity index (χ0v) is 12.7. The predicted octanol–water partition coefficient (Wildman–Crippen LogP) is -2.68. The molecule has 0 fully saturated rings. The molecule has 13 heteroatoms. The maximum absolute atomic E-state index is 8.88. The fraction of sp³-hybridized carbons (Fsp3) is 0. The van der Waals surface area contributed by atoms with Gasteiger partial charge in [-0.05, 0) is 0 Å². The molecule has 0 aliphatic carbocycles. The second-order valence-corrected chi connectivity index (χ2v) is 3.08. The maximum atomic E-state index is 8.88. The first kappa shape index (κ1) is 29.7. The van der Waals surface area contributed by atoms with Gasteiger partial charge in [0, 0.05) is 80.8 Å². The van der Waals surface area contributed by atoms with Crippen molar-refractivity contribution >= 4 is 15.6 Å². The van der Waals surface area contributed by atoms with Crippen LogP contribution < -0.4 is 0 Å². The third-order valence-electron chi connectivity index (χ3n) is 0. The Hall–Kier alpha value is 2.86. The van der Waals surface area contributed by atoms with Crippen molar-refractivity contribution in [1.29, 1.82) is 0 Å². The van der Waals surface area contributed by atoms with Gasteiger partial charge >= 0.3 is 15.6 Å². The van der Waals surface area contributed by atoms with E-state index in [0.29, 0.717) is 0 Å². The van der Waals surface area contributed by atoms with Crippen LogP contribution in [0.2, 0.25) is 0 Å². The molecule has 0 atom stereocenters. The van der Waals surface area contributed by atoms with Crippen molar-refractivity contribution in [3.05, 3.63) is 0 Å². The van der Waals surface area contributed by atoms with Gasteiger partial charge < -0.3 is 34.8 Å². The van der Waals surface area contributed by atoms with Gasteiger partial charge in [0.1, 0.15) is 0 Å². The molecule has 0 spiro atoms. The van der Waals surface area contributed by atoms with Crippen molar-refractivity contribution < 1.29 is 125 Å². The van der Waals surface area contributed by atoms with Gasteiger partial charge in [-0.2, -0.15) is 0 Å². The van der Waals surface area contributed by atoms with Crippen LogP contribution in [0.1, 0.15) is 0 Å². The van der Waals surface area contributed by atoms with Crippen LogP contribution in [0.25, 0.3) is 0 Å². The molecule has 8 N–H and O–H groups in total. The molecule has 0 aromatic carbocycles. The monoisotopic (exact) mass is 518 g/mol. The van der Waals surface area contributed by atoms with E-state index in [9.17, 15) is 0 Å². The molecule has 0 unspecified atom stereocenters. The molecular formula is H8O9P2Sm2. The van der Waals surface area contributed by atoms with E-state index < -0.39 is 15.6 Å². The third-order valence-corrected chi connectivity index (χ3v) is 0. The van der Waals surface area contributed by atoms with Crippen LogP contribution in [0.4, 0.5) is 0 Å². The Labute approximate surface area is 138 Å². The molecule has 9 nitrogen and oxygen atoms in total. The van der Waals surface area contributed by atoms with Gasteiger partial charge in [-0.25, -0.2) is 9.13 Å². The summed E-state index contributed by atoms with van der Waals surface area (Å²) >= 11 is 0. The normalized spacial score (nSPS) is 9.08. The first-order valence-corrected chi connectivity index (χ1v) is 4.70. The number of phosphoric acid groups is 2. The van der Waals surface area contributed by atoms with Crippen molar-refractivity contribution in [3.8, 4) is 0 Å². The van der Waals surface area contributed by atoms with Gasteiger partial charge in [0.15, 0.2) is 0 Å². The maximum Gasteiger partial charge on any atom is 0.466 e. The van der Waals surface area contributed by atoms with Crippen LogP contribution in [0.3, 0.4) is 0 Å². The van der Waals surface area contributed by atoms with Crippen molar-refractivity contribution in [3.63, 3.8) is 0 Å². The fourth-order valence-corrected chi connectivity index (χ4v) is 0. The van der Waals surface area contributed by atoms with Gasteiger partial charge in [-0.3, -0.25) is 0 Å². The average Bonchev–Trinajstić information content (AvgIpc) is 1.12. The second-order valence-electron chi connectivity index (χ2n) is 1.03. The molecular weight excluding hydrogens is 507 g/mol. The SMILES string of the molecule is O.O=P(O)(O)O.O=P(O)(O)O.[Sm].[Sm]. The van der Waals surface area contributed by atoms with E-state index in [2.05, 4.69) is 0 Å². The van der Waals surface area contributed by atoms with E-state index in [0.717, 1.165) is 0 Å². The van der Waals surface area contributed by atoms with Crippen molar-refractivity contribution in [1.82, 2.24) is 0 Å². The smallest absolute Gasteiger partial charge is 0.412 e. The molecule has 0 aliphatic heterocycles. The zero-order chi connectivity index (χ0) is 9.00. The Morgan fingerprint density at radius 1 is 0.615 bits per heavy atom. The molecule has 0 aliphatic rings. The summed E-state index contributed by atoms with van der Waals surface area (Å²) < 4.78 is 17.8. The van der Waals surface area contributed by atoms with E-state index in [1.807, 2.05) is 0 Å². The molecule has 0 aromatic rings. The van der Waals surface area contributed by atoms with Crippen molar-refractivity contribution in [2.75, 3.05) is 0 Å². The Balaban J connectivity index is -0.0000000267. The van der Waals surface area contributed by atoms with E-state index in [4.69, 9.17) is 38.5 Å². The van der Waals surface area contributed by atoms with Gasteiger partial charge in [0.05, 0.1) is 0 Å². The number of hydrogen-bond acceptors (Lipinski definition) is 2. The van der Waals surface area contributed by atoms with E-state index in [1.54, 1.807) is 0 Å². The minimum atomic E-state index is -4.64. The largest absolute Gasteiger partial charge is 0.466 e. The minimum Gasteiger partial charge on any atom is -0.412 e. The van der Waals surface area contributed by atoms with E-state index in [-0.39, 0.29) is 86.3 Å². The Bertz CT molecular complexity index is 128. The van der Waals surface area contributed by atoms with Crippen LogP contribution in [0, 0.1) is 80.8 Å². The second kappa shape index (κ2) is 12.9. The van der Waals surface area contributed by atoms with Crippen LogP contribution in [0.5, 0.6) is 0 Å². The molecule has 0 saturated heterocycles. The van der Waals surface area contributed by atoms with Gasteiger partial charge in [0.25, 0.3) is 0 Å². The average molecular weight is 515 g/mol. The molecule has 13 heavy (non-hydrogen) atoms. The standard InChI is InChI=1S/2H3O4P.H2O.2Sm/c2*1-5(2,3)4;;;/h2*(H3,1,2,3,4);1H2;;. The third kappa shape index (κ3) is 301. The summed E-state index contributed by atoms with van der Waals surface area (Å²) in [5, 5.41) is 0. The molecule has 0 heterocycles. The molecule has 0 saturated carbocycles. The Kier molecular flexibility index (Phi) is 29.5. The van der Waals surface area contributed by atoms with Gasteiger partial charge in [-0.1, -0.05) is 0 Å². The van der Waals surface area contributed by atoms with Crippen molar-refractivity contribution in [2.24, 2.45) is 0 Å². The summed E-state index contributed by atoms with van der Waals surface area (Å²) in [5.41, 5.74) is 0. The van der Waals surface area contributed by atoms with Crippen LogP contribution in [0.15, 0.2) is 0 Å². The summed E-state index contributed by atoms with van der Waals surface area (Å²) in [5.74, 6) is 0. The summed E-state index contributed by atoms with van der Waals surface area (Å²) in [4.78, 5) is 43.1. The molecule has 0 amide bonds. The fourth-order valence-electron chi connectivity index (χ4n) is 0.